The number of hydrogen-bond acceptors (Lipinski definition) is 3. The molecule has 0 spiro atoms. The van der Waals surface area contributed by atoms with Crippen LogP contribution in [-0.2, 0) is 6.42 Å². The lowest BCUT2D eigenvalue weighted by Crippen LogP contribution is -2.19. The lowest BCUT2D eigenvalue weighted by molar-refractivity contribution is 0.0692. The summed E-state index contributed by atoms with van der Waals surface area (Å²) in [4.78, 5) is 34.1. The first-order valence-electron chi connectivity index (χ1n) is 6.48. The van der Waals surface area contributed by atoms with Crippen molar-refractivity contribution in [2.75, 3.05) is 5.32 Å². The molecule has 0 heterocycles. The van der Waals surface area contributed by atoms with Crippen molar-refractivity contribution in [1.29, 1.82) is 0 Å². The number of carbonyl (C=O) groups excluding carboxylic acids is 2. The second kappa shape index (κ2) is 6.53. The van der Waals surface area contributed by atoms with Gasteiger partial charge in [0.1, 0.15) is 0 Å². The third-order valence-electron chi connectivity index (χ3n) is 3.04. The van der Waals surface area contributed by atoms with Gasteiger partial charge in [0.2, 0.25) is 0 Å². The zero-order valence-electron chi connectivity index (χ0n) is 11.6. The molecule has 0 atom stereocenters. The number of urea groups is 1. The van der Waals surface area contributed by atoms with Crippen molar-refractivity contribution < 1.29 is 19.5 Å². The van der Waals surface area contributed by atoms with Gasteiger partial charge in [0.25, 0.3) is 0 Å². The summed E-state index contributed by atoms with van der Waals surface area (Å²) < 4.78 is 0. The number of rotatable bonds is 5. The number of nitrogens with one attached hydrogen (secondary N) is 1. The monoisotopic (exact) mass is 298 g/mol. The Balaban J connectivity index is 2.15. The van der Waals surface area contributed by atoms with E-state index >= 15 is 0 Å². The number of carbonyl (C=O) groups is 3. The molecule has 0 unspecified atom stereocenters. The van der Waals surface area contributed by atoms with Crippen LogP contribution >= 0.6 is 0 Å². The van der Waals surface area contributed by atoms with E-state index in [-0.39, 0.29) is 23.3 Å². The molecule has 4 N–H and O–H groups in total. The number of hydrogen-bond donors (Lipinski definition) is 3. The highest BCUT2D eigenvalue weighted by Crippen LogP contribution is 2.15. The molecule has 0 aliphatic rings. The molecular weight excluding hydrogens is 284 g/mol. The molecule has 6 nitrogen and oxygen atoms in total. The zero-order chi connectivity index (χ0) is 16.1. The number of primary amides is 1. The summed E-state index contributed by atoms with van der Waals surface area (Å²) >= 11 is 0. The van der Waals surface area contributed by atoms with E-state index in [4.69, 9.17) is 10.8 Å². The summed E-state index contributed by atoms with van der Waals surface area (Å²) in [5.74, 6) is -1.42. The van der Waals surface area contributed by atoms with Crippen LogP contribution in [0.2, 0.25) is 0 Å². The largest absolute Gasteiger partial charge is 0.478 e. The van der Waals surface area contributed by atoms with Crippen LogP contribution in [0, 0.1) is 0 Å². The molecule has 2 aromatic carbocycles. The van der Waals surface area contributed by atoms with Gasteiger partial charge in [0.15, 0.2) is 5.78 Å². The fourth-order valence-corrected chi connectivity index (χ4v) is 2.04. The van der Waals surface area contributed by atoms with E-state index in [9.17, 15) is 14.4 Å². The zero-order valence-corrected chi connectivity index (χ0v) is 11.6. The van der Waals surface area contributed by atoms with E-state index in [2.05, 4.69) is 5.32 Å². The van der Waals surface area contributed by atoms with Crippen LogP contribution in [0.5, 0.6) is 0 Å². The Morgan fingerprint density at radius 1 is 0.955 bits per heavy atom. The maximum absolute atomic E-state index is 12.2. The van der Waals surface area contributed by atoms with Crippen molar-refractivity contribution >= 4 is 23.5 Å². The maximum atomic E-state index is 12.2. The molecule has 2 amide bonds. The Morgan fingerprint density at radius 3 is 2.09 bits per heavy atom. The van der Waals surface area contributed by atoms with Crippen molar-refractivity contribution in [2.45, 2.75) is 6.42 Å². The van der Waals surface area contributed by atoms with Gasteiger partial charge >= 0.3 is 12.0 Å². The first kappa shape index (κ1) is 15.2. The summed E-state index contributed by atoms with van der Waals surface area (Å²) in [5, 5.41) is 11.5. The van der Waals surface area contributed by atoms with Gasteiger partial charge in [-0.3, -0.25) is 4.79 Å². The molecule has 0 saturated carbocycles. The summed E-state index contributed by atoms with van der Waals surface area (Å²) in [7, 11) is 0. The van der Waals surface area contributed by atoms with Gasteiger partial charge in [-0.1, -0.05) is 30.3 Å². The predicted octanol–water partition coefficient (Wildman–Crippen LogP) is 2.30. The molecule has 0 aliphatic carbocycles. The van der Waals surface area contributed by atoms with E-state index in [1.807, 2.05) is 0 Å². The Hall–Kier alpha value is -3.15. The molecule has 0 aliphatic heterocycles. The second-order valence-corrected chi connectivity index (χ2v) is 4.64. The highest BCUT2D eigenvalue weighted by molar-refractivity contribution is 6.06. The summed E-state index contributed by atoms with van der Waals surface area (Å²) in [6.45, 7) is 0. The molecule has 2 rings (SSSR count). The van der Waals surface area contributed by atoms with Gasteiger partial charge in [-0.25, -0.2) is 9.59 Å². The molecule has 6 heteroatoms. The van der Waals surface area contributed by atoms with E-state index in [1.54, 1.807) is 36.4 Å². The number of benzene rings is 2. The number of nitrogens with two attached hydrogens (primary N) is 1. The lowest BCUT2D eigenvalue weighted by Gasteiger charge is -2.06. The Kier molecular flexibility index (Phi) is 4.53. The second-order valence-electron chi connectivity index (χ2n) is 4.64. The van der Waals surface area contributed by atoms with E-state index in [0.717, 1.165) is 0 Å². The average molecular weight is 298 g/mol. The van der Waals surface area contributed by atoms with Crippen molar-refractivity contribution in [3.63, 3.8) is 0 Å². The van der Waals surface area contributed by atoms with Crippen molar-refractivity contribution in [3.05, 3.63) is 65.2 Å². The highest BCUT2D eigenvalue weighted by atomic mass is 16.4. The Labute approximate surface area is 126 Å². The quantitative estimate of drug-likeness (QED) is 0.736. The third-order valence-corrected chi connectivity index (χ3v) is 3.04. The number of aromatic carboxylic acids is 1. The van der Waals surface area contributed by atoms with Crippen LogP contribution < -0.4 is 11.1 Å². The van der Waals surface area contributed by atoms with Gasteiger partial charge in [-0.2, -0.15) is 0 Å². The minimum absolute atomic E-state index is 0.0143. The van der Waals surface area contributed by atoms with Crippen LogP contribution in [0.3, 0.4) is 0 Å². The molecule has 2 aromatic rings. The minimum atomic E-state index is -1.13. The summed E-state index contributed by atoms with van der Waals surface area (Å²) in [6.07, 6.45) is 0.0706. The van der Waals surface area contributed by atoms with Crippen LogP contribution in [-0.4, -0.2) is 22.9 Å². The number of ketones is 1. The Morgan fingerprint density at radius 2 is 1.55 bits per heavy atom. The maximum Gasteiger partial charge on any atom is 0.336 e. The van der Waals surface area contributed by atoms with Gasteiger partial charge in [0, 0.05) is 17.7 Å². The molecule has 22 heavy (non-hydrogen) atoms. The standard InChI is InChI=1S/C16H14N2O4/c17-16(22)18-11-7-5-10(6-8-11)9-14(19)12-3-1-2-4-13(12)15(20)21/h1-8H,9H2,(H,20,21)(H3,17,18,22). The molecular formula is C16H14N2O4. The van der Waals surface area contributed by atoms with E-state index in [0.29, 0.717) is 11.3 Å². The molecule has 0 saturated heterocycles. The lowest BCUT2D eigenvalue weighted by atomic mass is 9.98. The molecule has 0 bridgehead atoms. The first-order valence-corrected chi connectivity index (χ1v) is 6.48. The van der Waals surface area contributed by atoms with Gasteiger partial charge in [-0.15, -0.1) is 0 Å². The van der Waals surface area contributed by atoms with Gasteiger partial charge < -0.3 is 16.2 Å². The molecule has 112 valence electrons. The fraction of sp³-hybridized carbons (Fsp3) is 0.0625. The minimum Gasteiger partial charge on any atom is -0.478 e. The van der Waals surface area contributed by atoms with Gasteiger partial charge in [-0.05, 0) is 23.8 Å². The fourth-order valence-electron chi connectivity index (χ4n) is 2.04. The number of carboxylic acid groups (broad SMARTS) is 1. The van der Waals surface area contributed by atoms with E-state index in [1.165, 1.54) is 12.1 Å². The van der Waals surface area contributed by atoms with Crippen LogP contribution in [0.4, 0.5) is 10.5 Å². The normalized spacial score (nSPS) is 10.0. The third kappa shape index (κ3) is 3.69. The van der Waals surface area contributed by atoms with Crippen LogP contribution in [0.25, 0.3) is 0 Å². The SMILES string of the molecule is NC(=O)Nc1ccc(CC(=O)c2ccccc2C(=O)O)cc1. The number of Topliss-reactive ketones (excluding diaryl/α,β-unsaturated/α-hetero) is 1. The van der Waals surface area contributed by atoms with Crippen LogP contribution in [0.15, 0.2) is 48.5 Å². The smallest absolute Gasteiger partial charge is 0.336 e. The van der Waals surface area contributed by atoms with Crippen molar-refractivity contribution in [1.82, 2.24) is 0 Å². The highest BCUT2D eigenvalue weighted by Gasteiger charge is 2.15. The van der Waals surface area contributed by atoms with Gasteiger partial charge in [0.05, 0.1) is 5.56 Å². The number of amides is 2. The molecule has 0 aromatic heterocycles. The molecule has 0 radical (unpaired) electrons. The Bertz CT molecular complexity index is 723. The van der Waals surface area contributed by atoms with Crippen molar-refractivity contribution in [2.24, 2.45) is 5.73 Å². The summed E-state index contributed by atoms with van der Waals surface area (Å²) in [6, 6.07) is 12.0. The topological polar surface area (TPSA) is 109 Å². The predicted molar refractivity (Wildman–Crippen MR) is 81.1 cm³/mol. The number of anilines is 1. The average Bonchev–Trinajstić information content (AvgIpc) is 2.48. The number of carboxylic acids is 1. The van der Waals surface area contributed by atoms with Crippen molar-refractivity contribution in [3.8, 4) is 0 Å². The molecule has 0 fully saturated rings. The summed E-state index contributed by atoms with van der Waals surface area (Å²) in [5.41, 5.74) is 6.40. The van der Waals surface area contributed by atoms with Crippen LogP contribution in [0.1, 0.15) is 26.3 Å². The first-order chi connectivity index (χ1) is 10.5. The van der Waals surface area contributed by atoms with E-state index < -0.39 is 12.0 Å².